The molecule has 0 bridgehead atoms. The number of carbonyl (C=O) groups is 2. The summed E-state index contributed by atoms with van der Waals surface area (Å²) in [6, 6.07) is 14.8. The number of carboxylic acid groups (broad SMARTS) is 1. The Kier molecular flexibility index (Phi) is 6.85. The number of anilines is 1. The van der Waals surface area contributed by atoms with E-state index in [1.807, 2.05) is 13.0 Å². The van der Waals surface area contributed by atoms with Crippen LogP contribution in [0, 0.1) is 20.8 Å². The Bertz CT molecular complexity index is 1300. The SMILES string of the molecule is Cc1cc(C)c(S(=O)(=O)NC(C(=O)O)c2ccc(-c3cccc(NC(N)=O)c3)cc2)c(C)c1. The van der Waals surface area contributed by atoms with Crippen LogP contribution in [0.15, 0.2) is 65.6 Å². The van der Waals surface area contributed by atoms with Crippen molar-refractivity contribution >= 4 is 27.7 Å². The quantitative estimate of drug-likeness (QED) is 0.418. The Morgan fingerprint density at radius 3 is 2.06 bits per heavy atom. The van der Waals surface area contributed by atoms with Crippen molar-refractivity contribution in [2.24, 2.45) is 5.73 Å². The molecule has 0 radical (unpaired) electrons. The summed E-state index contributed by atoms with van der Waals surface area (Å²) >= 11 is 0. The largest absolute Gasteiger partial charge is 0.480 e. The molecule has 5 N–H and O–H groups in total. The van der Waals surface area contributed by atoms with Gasteiger partial charge in [0.05, 0.1) is 4.90 Å². The summed E-state index contributed by atoms with van der Waals surface area (Å²) < 4.78 is 28.5. The molecule has 0 saturated carbocycles. The molecule has 0 saturated heterocycles. The van der Waals surface area contributed by atoms with Gasteiger partial charge in [0.2, 0.25) is 10.0 Å². The number of aryl methyl sites for hydroxylation is 3. The molecule has 8 nitrogen and oxygen atoms in total. The number of urea groups is 1. The van der Waals surface area contributed by atoms with Gasteiger partial charge in [0.25, 0.3) is 0 Å². The lowest BCUT2D eigenvalue weighted by Crippen LogP contribution is -2.34. The van der Waals surface area contributed by atoms with Gasteiger partial charge in [-0.1, -0.05) is 54.1 Å². The van der Waals surface area contributed by atoms with Crippen molar-refractivity contribution < 1.29 is 23.1 Å². The number of rotatable bonds is 7. The molecule has 0 heterocycles. The average Bonchev–Trinajstić information content (AvgIpc) is 2.71. The summed E-state index contributed by atoms with van der Waals surface area (Å²) in [7, 11) is -4.09. The van der Waals surface area contributed by atoms with Crippen molar-refractivity contribution in [2.45, 2.75) is 31.7 Å². The maximum Gasteiger partial charge on any atom is 0.326 e. The predicted molar refractivity (Wildman–Crippen MR) is 126 cm³/mol. The van der Waals surface area contributed by atoms with Gasteiger partial charge < -0.3 is 16.2 Å². The Hall–Kier alpha value is -3.69. The maximum absolute atomic E-state index is 13.1. The van der Waals surface area contributed by atoms with E-state index in [4.69, 9.17) is 5.73 Å². The number of carbonyl (C=O) groups excluding carboxylic acids is 1. The van der Waals surface area contributed by atoms with E-state index in [0.717, 1.165) is 16.7 Å². The first-order valence-electron chi connectivity index (χ1n) is 10.1. The van der Waals surface area contributed by atoms with Gasteiger partial charge in [-0.2, -0.15) is 4.72 Å². The molecule has 1 unspecified atom stereocenters. The number of nitrogens with two attached hydrogens (primary N) is 1. The molecule has 0 aliphatic rings. The van der Waals surface area contributed by atoms with Crippen molar-refractivity contribution in [3.63, 3.8) is 0 Å². The van der Waals surface area contributed by atoms with Gasteiger partial charge in [-0.25, -0.2) is 13.2 Å². The molecule has 172 valence electrons. The van der Waals surface area contributed by atoms with Gasteiger partial charge in [0.1, 0.15) is 6.04 Å². The Morgan fingerprint density at radius 1 is 0.909 bits per heavy atom. The van der Waals surface area contributed by atoms with Crippen LogP contribution in [-0.4, -0.2) is 25.5 Å². The van der Waals surface area contributed by atoms with Gasteiger partial charge in [0.15, 0.2) is 0 Å². The highest BCUT2D eigenvalue weighted by atomic mass is 32.2. The lowest BCUT2D eigenvalue weighted by molar-refractivity contribution is -0.139. The number of amides is 2. The van der Waals surface area contributed by atoms with Crippen molar-refractivity contribution in [3.8, 4) is 11.1 Å². The first-order valence-corrected chi connectivity index (χ1v) is 11.6. The number of hydrogen-bond donors (Lipinski definition) is 4. The number of benzene rings is 3. The van der Waals surface area contributed by atoms with Gasteiger partial charge in [-0.3, -0.25) is 4.79 Å². The third-order valence-electron chi connectivity index (χ3n) is 5.10. The van der Waals surface area contributed by atoms with E-state index >= 15 is 0 Å². The Balaban J connectivity index is 1.91. The summed E-state index contributed by atoms with van der Waals surface area (Å²) in [5.74, 6) is -1.32. The minimum atomic E-state index is -4.09. The Labute approximate surface area is 192 Å². The third kappa shape index (κ3) is 5.57. The molecule has 0 aliphatic carbocycles. The molecule has 0 aromatic heterocycles. The molecule has 3 aromatic carbocycles. The van der Waals surface area contributed by atoms with E-state index in [2.05, 4.69) is 10.0 Å². The number of hydrogen-bond acceptors (Lipinski definition) is 4. The second-order valence-electron chi connectivity index (χ2n) is 7.81. The number of sulfonamides is 1. The zero-order valence-electron chi connectivity index (χ0n) is 18.4. The first kappa shape index (κ1) is 24.0. The molecule has 2 amide bonds. The molecular formula is C24H25N3O5S. The average molecular weight is 468 g/mol. The molecule has 3 rings (SSSR count). The predicted octanol–water partition coefficient (Wildman–Crippen LogP) is 3.87. The maximum atomic E-state index is 13.1. The normalized spacial score (nSPS) is 12.2. The highest BCUT2D eigenvalue weighted by Crippen LogP contribution is 2.27. The number of aliphatic carboxylic acids is 1. The summed E-state index contributed by atoms with van der Waals surface area (Å²) in [5.41, 5.74) is 9.48. The van der Waals surface area contributed by atoms with Crippen LogP contribution < -0.4 is 15.8 Å². The zero-order valence-corrected chi connectivity index (χ0v) is 19.2. The van der Waals surface area contributed by atoms with Crippen LogP contribution >= 0.6 is 0 Å². The number of nitrogens with one attached hydrogen (secondary N) is 2. The van der Waals surface area contributed by atoms with Crippen molar-refractivity contribution in [1.29, 1.82) is 0 Å². The second kappa shape index (κ2) is 9.43. The van der Waals surface area contributed by atoms with Crippen molar-refractivity contribution in [3.05, 3.63) is 82.9 Å². The zero-order chi connectivity index (χ0) is 24.3. The summed E-state index contributed by atoms with van der Waals surface area (Å²) in [5, 5.41) is 12.2. The van der Waals surface area contributed by atoms with E-state index in [1.54, 1.807) is 68.4 Å². The molecule has 0 spiro atoms. The summed E-state index contributed by atoms with van der Waals surface area (Å²) in [4.78, 5) is 23.1. The highest BCUT2D eigenvalue weighted by molar-refractivity contribution is 7.89. The summed E-state index contributed by atoms with van der Waals surface area (Å²) in [6.07, 6.45) is 0. The Morgan fingerprint density at radius 2 is 1.52 bits per heavy atom. The van der Waals surface area contributed by atoms with Crippen LogP contribution in [-0.2, 0) is 14.8 Å². The number of primary amides is 1. The van der Waals surface area contributed by atoms with Crippen LogP contribution in [0.4, 0.5) is 10.5 Å². The summed E-state index contributed by atoms with van der Waals surface area (Å²) in [6.45, 7) is 5.23. The van der Waals surface area contributed by atoms with E-state index in [1.165, 1.54) is 0 Å². The van der Waals surface area contributed by atoms with Crippen LogP contribution in [0.3, 0.4) is 0 Å². The first-order chi connectivity index (χ1) is 15.5. The van der Waals surface area contributed by atoms with E-state index in [-0.39, 0.29) is 10.5 Å². The molecule has 1 atom stereocenters. The topological polar surface area (TPSA) is 139 Å². The van der Waals surface area contributed by atoms with Crippen molar-refractivity contribution in [2.75, 3.05) is 5.32 Å². The molecule has 9 heteroatoms. The second-order valence-corrected chi connectivity index (χ2v) is 9.46. The third-order valence-corrected chi connectivity index (χ3v) is 6.83. The lowest BCUT2D eigenvalue weighted by atomic mass is 10.0. The molecule has 0 aliphatic heterocycles. The van der Waals surface area contributed by atoms with Gasteiger partial charge in [0, 0.05) is 5.69 Å². The molecule has 33 heavy (non-hydrogen) atoms. The lowest BCUT2D eigenvalue weighted by Gasteiger charge is -2.18. The fourth-order valence-corrected chi connectivity index (χ4v) is 5.48. The van der Waals surface area contributed by atoms with Gasteiger partial charge in [-0.05, 0) is 60.7 Å². The van der Waals surface area contributed by atoms with Gasteiger partial charge >= 0.3 is 12.0 Å². The minimum Gasteiger partial charge on any atom is -0.480 e. The van der Waals surface area contributed by atoms with E-state index < -0.39 is 28.1 Å². The van der Waals surface area contributed by atoms with Gasteiger partial charge in [-0.15, -0.1) is 0 Å². The van der Waals surface area contributed by atoms with Crippen LogP contribution in [0.1, 0.15) is 28.3 Å². The van der Waals surface area contributed by atoms with Crippen LogP contribution in [0.5, 0.6) is 0 Å². The number of carboxylic acids is 1. The molecule has 3 aromatic rings. The van der Waals surface area contributed by atoms with E-state index in [9.17, 15) is 23.1 Å². The smallest absolute Gasteiger partial charge is 0.326 e. The van der Waals surface area contributed by atoms with Crippen LogP contribution in [0.2, 0.25) is 0 Å². The minimum absolute atomic E-state index is 0.0785. The fraction of sp³-hybridized carbons (Fsp3) is 0.167. The molecule has 0 fully saturated rings. The monoisotopic (exact) mass is 467 g/mol. The fourth-order valence-electron chi connectivity index (χ4n) is 3.85. The standard InChI is InChI=1S/C24H25N3O5S/c1-14-11-15(2)22(16(3)12-14)33(31,32)27-21(23(28)29)18-9-7-17(8-10-18)19-5-4-6-20(13-19)26-24(25)30/h4-13,21,27H,1-3H3,(H,28,29)(H3,25,26,30). The molecular weight excluding hydrogens is 442 g/mol. The van der Waals surface area contributed by atoms with Crippen molar-refractivity contribution in [1.82, 2.24) is 4.72 Å². The van der Waals surface area contributed by atoms with E-state index in [0.29, 0.717) is 16.8 Å². The van der Waals surface area contributed by atoms with Crippen LogP contribution in [0.25, 0.3) is 11.1 Å². The highest BCUT2D eigenvalue weighted by Gasteiger charge is 2.29.